The first kappa shape index (κ1) is 20.1. The van der Waals surface area contributed by atoms with Crippen LogP contribution in [0.1, 0.15) is 18.4 Å². The van der Waals surface area contributed by atoms with Crippen LogP contribution < -0.4 is 10.1 Å². The fraction of sp³-hybridized carbons (Fsp3) is 0.286. The Morgan fingerprint density at radius 2 is 1.71 bits per heavy atom. The Hall–Kier alpha value is -2.64. The molecule has 0 unspecified atom stereocenters. The number of hydrogen-bond acceptors (Lipinski definition) is 4. The van der Waals surface area contributed by atoms with Crippen LogP contribution in [-0.4, -0.2) is 44.9 Å². The molecule has 1 aliphatic rings. The van der Waals surface area contributed by atoms with Gasteiger partial charge in [0.05, 0.1) is 11.4 Å². The second-order valence-corrected chi connectivity index (χ2v) is 8.40. The molecule has 2 aromatic rings. The predicted octanol–water partition coefficient (Wildman–Crippen LogP) is 2.68. The van der Waals surface area contributed by atoms with E-state index < -0.39 is 10.0 Å². The third kappa shape index (κ3) is 5.43. The number of sulfonamides is 1. The molecule has 1 amide bonds. The summed E-state index contributed by atoms with van der Waals surface area (Å²) in [7, 11) is -3.41. The van der Waals surface area contributed by atoms with Gasteiger partial charge < -0.3 is 10.1 Å². The average Bonchev–Trinajstić information content (AvgIpc) is 3.27. The van der Waals surface area contributed by atoms with Crippen molar-refractivity contribution in [2.45, 2.75) is 17.7 Å². The molecule has 1 fully saturated rings. The lowest BCUT2D eigenvalue weighted by atomic mass is 10.2. The van der Waals surface area contributed by atoms with E-state index in [1.165, 1.54) is 10.4 Å². The van der Waals surface area contributed by atoms with Crippen LogP contribution in [0.2, 0.25) is 0 Å². The maximum atomic E-state index is 12.5. The van der Waals surface area contributed by atoms with Gasteiger partial charge in [-0.2, -0.15) is 4.31 Å². The summed E-state index contributed by atoms with van der Waals surface area (Å²) in [5.74, 6) is 0.369. The molecule has 1 heterocycles. The van der Waals surface area contributed by atoms with E-state index in [1.54, 1.807) is 30.3 Å². The molecule has 148 valence electrons. The topological polar surface area (TPSA) is 75.7 Å². The maximum absolute atomic E-state index is 12.5. The Morgan fingerprint density at radius 3 is 2.39 bits per heavy atom. The van der Waals surface area contributed by atoms with Crippen molar-refractivity contribution in [3.05, 3.63) is 66.2 Å². The lowest BCUT2D eigenvalue weighted by Crippen LogP contribution is -2.27. The van der Waals surface area contributed by atoms with E-state index in [1.807, 2.05) is 30.3 Å². The summed E-state index contributed by atoms with van der Waals surface area (Å²) in [6.45, 7) is 1.81. The highest BCUT2D eigenvalue weighted by Gasteiger charge is 2.26. The fourth-order valence-corrected chi connectivity index (χ4v) is 4.44. The van der Waals surface area contributed by atoms with E-state index in [2.05, 4.69) is 5.32 Å². The quantitative estimate of drug-likeness (QED) is 0.546. The number of amides is 1. The normalized spacial score (nSPS) is 15.0. The minimum atomic E-state index is -3.41. The summed E-state index contributed by atoms with van der Waals surface area (Å²) in [5, 5.41) is 2.74. The van der Waals surface area contributed by atoms with Crippen LogP contribution in [0.3, 0.4) is 0 Å². The van der Waals surface area contributed by atoms with Gasteiger partial charge in [0, 0.05) is 19.2 Å². The third-order valence-corrected chi connectivity index (χ3v) is 6.34. The van der Waals surface area contributed by atoms with Crippen molar-refractivity contribution >= 4 is 22.0 Å². The van der Waals surface area contributed by atoms with Gasteiger partial charge in [0.2, 0.25) is 15.9 Å². The minimum absolute atomic E-state index is 0.195. The molecule has 0 bridgehead atoms. The van der Waals surface area contributed by atoms with Crippen LogP contribution in [0.15, 0.2) is 65.6 Å². The largest absolute Gasteiger partial charge is 0.492 e. The van der Waals surface area contributed by atoms with Crippen molar-refractivity contribution in [2.75, 3.05) is 26.2 Å². The van der Waals surface area contributed by atoms with Gasteiger partial charge in [0.25, 0.3) is 0 Å². The molecule has 28 heavy (non-hydrogen) atoms. The molecule has 0 saturated carbocycles. The number of carbonyl (C=O) groups is 1. The van der Waals surface area contributed by atoms with Crippen molar-refractivity contribution in [2.24, 2.45) is 0 Å². The van der Waals surface area contributed by atoms with Crippen molar-refractivity contribution in [1.82, 2.24) is 9.62 Å². The Morgan fingerprint density at radius 1 is 1.04 bits per heavy atom. The van der Waals surface area contributed by atoms with Crippen molar-refractivity contribution in [3.63, 3.8) is 0 Å². The Bertz CT molecular complexity index is 903. The van der Waals surface area contributed by atoms with Gasteiger partial charge in [0.15, 0.2) is 0 Å². The van der Waals surface area contributed by atoms with Gasteiger partial charge in [-0.15, -0.1) is 0 Å². The minimum Gasteiger partial charge on any atom is -0.492 e. The molecule has 0 atom stereocenters. The molecule has 6 nitrogen and oxygen atoms in total. The number of ether oxygens (including phenoxy) is 1. The Balaban J connectivity index is 1.43. The van der Waals surface area contributed by atoms with Crippen LogP contribution in [0, 0.1) is 0 Å². The highest BCUT2D eigenvalue weighted by molar-refractivity contribution is 7.89. The molecular weight excluding hydrogens is 376 g/mol. The number of carbonyl (C=O) groups excluding carboxylic acids is 1. The number of hydrogen-bond donors (Lipinski definition) is 1. The predicted molar refractivity (Wildman–Crippen MR) is 108 cm³/mol. The molecule has 0 aliphatic carbocycles. The van der Waals surface area contributed by atoms with Gasteiger partial charge in [-0.05, 0) is 48.7 Å². The average molecular weight is 401 g/mol. The molecule has 7 heteroatoms. The van der Waals surface area contributed by atoms with Crippen LogP contribution >= 0.6 is 0 Å². The second kappa shape index (κ2) is 9.52. The standard InChI is InChI=1S/C21H24N2O4S/c24-21(13-8-18-6-2-1-3-7-18)22-14-17-27-19-9-11-20(12-10-19)28(25,26)23-15-4-5-16-23/h1-3,6-13H,4-5,14-17H2,(H,22,24)/b13-8+. The van der Waals surface area contributed by atoms with Gasteiger partial charge in [-0.25, -0.2) is 8.42 Å². The zero-order valence-corrected chi connectivity index (χ0v) is 16.4. The monoisotopic (exact) mass is 400 g/mol. The molecule has 1 aliphatic heterocycles. The van der Waals surface area contributed by atoms with Crippen molar-refractivity contribution < 1.29 is 17.9 Å². The van der Waals surface area contributed by atoms with Crippen LogP contribution in [-0.2, 0) is 14.8 Å². The first-order chi connectivity index (χ1) is 13.6. The van der Waals surface area contributed by atoms with Crippen LogP contribution in [0.25, 0.3) is 6.08 Å². The van der Waals surface area contributed by atoms with E-state index in [-0.39, 0.29) is 10.8 Å². The highest BCUT2D eigenvalue weighted by Crippen LogP contribution is 2.22. The first-order valence-corrected chi connectivity index (χ1v) is 10.7. The second-order valence-electron chi connectivity index (χ2n) is 6.47. The SMILES string of the molecule is O=C(/C=C/c1ccccc1)NCCOc1ccc(S(=O)(=O)N2CCCC2)cc1. The Labute approximate surface area is 165 Å². The molecule has 1 N–H and O–H groups in total. The summed E-state index contributed by atoms with van der Waals surface area (Å²) in [5.41, 5.74) is 0.956. The molecule has 3 rings (SSSR count). The summed E-state index contributed by atoms with van der Waals surface area (Å²) in [6.07, 6.45) is 5.04. The molecule has 0 aromatic heterocycles. The number of nitrogens with zero attached hydrogens (tertiary/aromatic N) is 1. The molecule has 0 radical (unpaired) electrons. The number of rotatable bonds is 8. The van der Waals surface area contributed by atoms with E-state index in [0.29, 0.717) is 32.0 Å². The van der Waals surface area contributed by atoms with Gasteiger partial charge in [-0.1, -0.05) is 30.3 Å². The Kier molecular flexibility index (Phi) is 6.84. The summed E-state index contributed by atoms with van der Waals surface area (Å²) in [4.78, 5) is 12.1. The number of benzene rings is 2. The molecular formula is C21H24N2O4S. The smallest absolute Gasteiger partial charge is 0.244 e. The first-order valence-electron chi connectivity index (χ1n) is 9.30. The van der Waals surface area contributed by atoms with E-state index in [9.17, 15) is 13.2 Å². The molecule has 1 saturated heterocycles. The maximum Gasteiger partial charge on any atom is 0.244 e. The fourth-order valence-electron chi connectivity index (χ4n) is 2.92. The zero-order valence-electron chi connectivity index (χ0n) is 15.6. The van der Waals surface area contributed by atoms with E-state index in [4.69, 9.17) is 4.74 Å². The lowest BCUT2D eigenvalue weighted by molar-refractivity contribution is -0.116. The summed E-state index contributed by atoms with van der Waals surface area (Å²) in [6, 6.07) is 16.0. The van der Waals surface area contributed by atoms with Crippen LogP contribution in [0.5, 0.6) is 5.75 Å². The summed E-state index contributed by atoms with van der Waals surface area (Å²) >= 11 is 0. The highest BCUT2D eigenvalue weighted by atomic mass is 32.2. The zero-order chi connectivity index (χ0) is 19.8. The van der Waals surface area contributed by atoms with Gasteiger partial charge in [-0.3, -0.25) is 4.79 Å². The molecule has 0 spiro atoms. The van der Waals surface area contributed by atoms with Crippen molar-refractivity contribution in [3.8, 4) is 5.75 Å². The summed E-state index contributed by atoms with van der Waals surface area (Å²) < 4.78 is 32.0. The van der Waals surface area contributed by atoms with E-state index >= 15 is 0 Å². The molecule has 2 aromatic carbocycles. The lowest BCUT2D eigenvalue weighted by Gasteiger charge is -2.15. The van der Waals surface area contributed by atoms with Crippen LogP contribution in [0.4, 0.5) is 0 Å². The van der Waals surface area contributed by atoms with Gasteiger partial charge >= 0.3 is 0 Å². The third-order valence-electron chi connectivity index (χ3n) is 4.42. The van der Waals surface area contributed by atoms with E-state index in [0.717, 1.165) is 18.4 Å². The van der Waals surface area contributed by atoms with Gasteiger partial charge in [0.1, 0.15) is 12.4 Å². The van der Waals surface area contributed by atoms with Crippen molar-refractivity contribution in [1.29, 1.82) is 0 Å². The number of nitrogens with one attached hydrogen (secondary N) is 1.